The molecule has 1 atom stereocenters. The SMILES string of the molecule is CSc1ccccc1OCC(O)COc1ccc(N)cc1. The van der Waals surface area contributed by atoms with Crippen molar-refractivity contribution in [2.45, 2.75) is 11.0 Å². The molecule has 0 aromatic heterocycles. The predicted octanol–water partition coefficient (Wildman–Crippen LogP) is 2.81. The molecule has 0 spiro atoms. The minimum absolute atomic E-state index is 0.172. The molecule has 0 radical (unpaired) electrons. The van der Waals surface area contributed by atoms with Crippen LogP contribution in [-0.4, -0.2) is 30.7 Å². The second kappa shape index (κ2) is 7.81. The Kier molecular flexibility index (Phi) is 5.78. The molecule has 0 aliphatic carbocycles. The molecule has 0 fully saturated rings. The van der Waals surface area contributed by atoms with Crippen LogP contribution in [0, 0.1) is 0 Å². The Bertz CT molecular complexity index is 560. The number of nitrogen functional groups attached to an aromatic ring is 1. The summed E-state index contributed by atoms with van der Waals surface area (Å²) in [7, 11) is 0. The van der Waals surface area contributed by atoms with Gasteiger partial charge in [0.05, 0.1) is 0 Å². The van der Waals surface area contributed by atoms with Crippen LogP contribution in [0.15, 0.2) is 53.4 Å². The van der Waals surface area contributed by atoms with Crippen molar-refractivity contribution in [1.82, 2.24) is 0 Å². The van der Waals surface area contributed by atoms with Gasteiger partial charge >= 0.3 is 0 Å². The summed E-state index contributed by atoms with van der Waals surface area (Å²) in [5.74, 6) is 1.45. The van der Waals surface area contributed by atoms with Gasteiger partial charge in [-0.15, -0.1) is 11.8 Å². The first kappa shape index (κ1) is 15.5. The van der Waals surface area contributed by atoms with Crippen molar-refractivity contribution in [2.75, 3.05) is 25.2 Å². The highest BCUT2D eigenvalue weighted by atomic mass is 32.2. The number of aliphatic hydroxyl groups is 1. The summed E-state index contributed by atoms with van der Waals surface area (Å²) in [4.78, 5) is 1.05. The van der Waals surface area contributed by atoms with Crippen LogP contribution >= 0.6 is 11.8 Å². The molecule has 0 bridgehead atoms. The fraction of sp³-hybridized carbons (Fsp3) is 0.250. The Morgan fingerprint density at radius 1 is 1.05 bits per heavy atom. The number of para-hydroxylation sites is 1. The summed E-state index contributed by atoms with van der Waals surface area (Å²) < 4.78 is 11.1. The Hall–Kier alpha value is -1.85. The van der Waals surface area contributed by atoms with Crippen molar-refractivity contribution in [2.24, 2.45) is 0 Å². The predicted molar refractivity (Wildman–Crippen MR) is 86.1 cm³/mol. The van der Waals surface area contributed by atoms with E-state index in [-0.39, 0.29) is 13.2 Å². The normalized spacial score (nSPS) is 11.9. The summed E-state index contributed by atoms with van der Waals surface area (Å²) in [6, 6.07) is 14.8. The van der Waals surface area contributed by atoms with Gasteiger partial charge in [-0.2, -0.15) is 0 Å². The van der Waals surface area contributed by atoms with Crippen molar-refractivity contribution in [3.8, 4) is 11.5 Å². The first-order valence-electron chi connectivity index (χ1n) is 6.61. The molecule has 0 saturated carbocycles. The van der Waals surface area contributed by atoms with E-state index in [1.807, 2.05) is 30.5 Å². The van der Waals surface area contributed by atoms with Gasteiger partial charge in [0.1, 0.15) is 30.8 Å². The summed E-state index contributed by atoms with van der Waals surface area (Å²) >= 11 is 1.61. The maximum atomic E-state index is 9.91. The number of hydrogen-bond donors (Lipinski definition) is 2. The molecule has 2 aromatic rings. The van der Waals surface area contributed by atoms with Crippen LogP contribution in [0.3, 0.4) is 0 Å². The highest BCUT2D eigenvalue weighted by Crippen LogP contribution is 2.26. The molecular formula is C16H19NO3S. The molecule has 1 unspecified atom stereocenters. The third kappa shape index (κ3) is 4.88. The van der Waals surface area contributed by atoms with Gasteiger partial charge in [0.15, 0.2) is 0 Å². The Balaban J connectivity index is 1.79. The minimum atomic E-state index is -0.697. The molecule has 112 valence electrons. The van der Waals surface area contributed by atoms with Crippen molar-refractivity contribution in [1.29, 1.82) is 0 Å². The summed E-state index contributed by atoms with van der Waals surface area (Å²) in [6.45, 7) is 0.359. The number of rotatable bonds is 7. The lowest BCUT2D eigenvalue weighted by Gasteiger charge is -2.15. The van der Waals surface area contributed by atoms with Gasteiger partial charge < -0.3 is 20.3 Å². The van der Waals surface area contributed by atoms with Crippen LogP contribution in [0.2, 0.25) is 0 Å². The molecule has 5 heteroatoms. The highest BCUT2D eigenvalue weighted by molar-refractivity contribution is 7.98. The van der Waals surface area contributed by atoms with E-state index in [1.165, 1.54) is 0 Å². The van der Waals surface area contributed by atoms with Crippen molar-refractivity contribution < 1.29 is 14.6 Å². The molecule has 0 amide bonds. The van der Waals surface area contributed by atoms with Gasteiger partial charge in [-0.3, -0.25) is 0 Å². The lowest BCUT2D eigenvalue weighted by molar-refractivity contribution is 0.0617. The zero-order valence-corrected chi connectivity index (χ0v) is 12.7. The molecule has 21 heavy (non-hydrogen) atoms. The zero-order chi connectivity index (χ0) is 15.1. The Morgan fingerprint density at radius 2 is 1.71 bits per heavy atom. The summed E-state index contributed by atoms with van der Waals surface area (Å²) in [5.41, 5.74) is 6.28. The summed E-state index contributed by atoms with van der Waals surface area (Å²) in [6.07, 6.45) is 1.29. The monoisotopic (exact) mass is 305 g/mol. The van der Waals surface area contributed by atoms with Gasteiger partial charge in [-0.25, -0.2) is 0 Å². The van der Waals surface area contributed by atoms with Gasteiger partial charge in [-0.05, 0) is 42.7 Å². The van der Waals surface area contributed by atoms with E-state index in [4.69, 9.17) is 15.2 Å². The zero-order valence-electron chi connectivity index (χ0n) is 11.9. The Labute approximate surface area is 128 Å². The largest absolute Gasteiger partial charge is 0.491 e. The Morgan fingerprint density at radius 3 is 2.43 bits per heavy atom. The number of ether oxygens (including phenoxy) is 2. The van der Waals surface area contributed by atoms with Crippen molar-refractivity contribution in [3.63, 3.8) is 0 Å². The van der Waals surface area contributed by atoms with E-state index in [2.05, 4.69) is 0 Å². The molecule has 0 saturated heterocycles. The second-order valence-electron chi connectivity index (χ2n) is 4.50. The average molecular weight is 305 g/mol. The molecule has 0 aliphatic heterocycles. The van der Waals surface area contributed by atoms with E-state index in [0.29, 0.717) is 11.4 Å². The number of nitrogens with two attached hydrogens (primary N) is 1. The standard InChI is InChI=1S/C16H19NO3S/c1-21-16-5-3-2-4-15(16)20-11-13(18)10-19-14-8-6-12(17)7-9-14/h2-9,13,18H,10-11,17H2,1H3. The lowest BCUT2D eigenvalue weighted by Crippen LogP contribution is -2.25. The van der Waals surface area contributed by atoms with Gasteiger partial charge in [0.2, 0.25) is 0 Å². The van der Waals surface area contributed by atoms with Crippen LogP contribution in [0.1, 0.15) is 0 Å². The number of benzene rings is 2. The van der Waals surface area contributed by atoms with E-state index < -0.39 is 6.10 Å². The van der Waals surface area contributed by atoms with Crippen LogP contribution < -0.4 is 15.2 Å². The maximum absolute atomic E-state index is 9.91. The smallest absolute Gasteiger partial charge is 0.132 e. The molecule has 2 aromatic carbocycles. The maximum Gasteiger partial charge on any atom is 0.132 e. The van der Waals surface area contributed by atoms with Crippen LogP contribution in [0.5, 0.6) is 11.5 Å². The third-order valence-electron chi connectivity index (χ3n) is 2.82. The van der Waals surface area contributed by atoms with Gasteiger partial charge in [0, 0.05) is 10.6 Å². The molecule has 4 nitrogen and oxygen atoms in total. The summed E-state index contributed by atoms with van der Waals surface area (Å²) in [5, 5.41) is 9.91. The van der Waals surface area contributed by atoms with Crippen LogP contribution in [0.4, 0.5) is 5.69 Å². The lowest BCUT2D eigenvalue weighted by atomic mass is 10.3. The minimum Gasteiger partial charge on any atom is -0.491 e. The first-order valence-corrected chi connectivity index (χ1v) is 7.83. The number of anilines is 1. The number of thioether (sulfide) groups is 1. The molecule has 0 heterocycles. The molecular weight excluding hydrogens is 286 g/mol. The third-order valence-corrected chi connectivity index (χ3v) is 3.60. The van der Waals surface area contributed by atoms with E-state index in [9.17, 15) is 5.11 Å². The molecule has 2 rings (SSSR count). The molecule has 3 N–H and O–H groups in total. The topological polar surface area (TPSA) is 64.7 Å². The van der Waals surface area contributed by atoms with Crippen LogP contribution in [-0.2, 0) is 0 Å². The van der Waals surface area contributed by atoms with E-state index in [0.717, 1.165) is 10.6 Å². The van der Waals surface area contributed by atoms with E-state index in [1.54, 1.807) is 36.0 Å². The first-order chi connectivity index (χ1) is 10.2. The average Bonchev–Trinajstić information content (AvgIpc) is 2.52. The fourth-order valence-corrected chi connectivity index (χ4v) is 2.27. The van der Waals surface area contributed by atoms with Crippen LogP contribution in [0.25, 0.3) is 0 Å². The van der Waals surface area contributed by atoms with Crippen molar-refractivity contribution in [3.05, 3.63) is 48.5 Å². The quantitative estimate of drug-likeness (QED) is 0.608. The highest BCUT2D eigenvalue weighted by Gasteiger charge is 2.08. The second-order valence-corrected chi connectivity index (χ2v) is 5.34. The van der Waals surface area contributed by atoms with Crippen molar-refractivity contribution >= 4 is 17.4 Å². The number of hydrogen-bond acceptors (Lipinski definition) is 5. The molecule has 0 aliphatic rings. The van der Waals surface area contributed by atoms with Gasteiger partial charge in [0.25, 0.3) is 0 Å². The number of aliphatic hydroxyl groups excluding tert-OH is 1. The van der Waals surface area contributed by atoms with Gasteiger partial charge in [-0.1, -0.05) is 12.1 Å². The fourth-order valence-electron chi connectivity index (χ4n) is 1.73. The van der Waals surface area contributed by atoms with E-state index >= 15 is 0 Å².